The van der Waals surface area contributed by atoms with E-state index < -0.39 is 5.97 Å². The summed E-state index contributed by atoms with van der Waals surface area (Å²) in [5.41, 5.74) is 0.176. The SMILES string of the molecule is [CH2]C(C)OC=C(C)C(=O)O. The van der Waals surface area contributed by atoms with Crippen LogP contribution in [-0.4, -0.2) is 17.2 Å². The Kier molecular flexibility index (Phi) is 3.54. The topological polar surface area (TPSA) is 46.5 Å². The smallest absolute Gasteiger partial charge is 0.334 e. The van der Waals surface area contributed by atoms with Crippen molar-refractivity contribution in [1.29, 1.82) is 0 Å². The van der Waals surface area contributed by atoms with Crippen LogP contribution in [0.25, 0.3) is 0 Å². The Balaban J connectivity index is 3.81. The molecule has 0 spiro atoms. The molecule has 0 bridgehead atoms. The first kappa shape index (κ1) is 9.01. The van der Waals surface area contributed by atoms with Gasteiger partial charge in [-0.15, -0.1) is 0 Å². The van der Waals surface area contributed by atoms with E-state index in [0.29, 0.717) is 0 Å². The van der Waals surface area contributed by atoms with E-state index in [-0.39, 0.29) is 11.7 Å². The third-order valence-corrected chi connectivity index (χ3v) is 0.814. The van der Waals surface area contributed by atoms with Crippen LogP contribution in [0, 0.1) is 6.92 Å². The Bertz CT molecular complexity index is 147. The Morgan fingerprint density at radius 3 is 2.60 bits per heavy atom. The van der Waals surface area contributed by atoms with Crippen molar-refractivity contribution < 1.29 is 14.6 Å². The number of carboxylic acid groups (broad SMARTS) is 1. The van der Waals surface area contributed by atoms with E-state index in [0.717, 1.165) is 0 Å². The van der Waals surface area contributed by atoms with Gasteiger partial charge >= 0.3 is 5.97 Å². The minimum Gasteiger partial charge on any atom is -0.498 e. The van der Waals surface area contributed by atoms with Gasteiger partial charge in [0, 0.05) is 0 Å². The fraction of sp³-hybridized carbons (Fsp3) is 0.429. The van der Waals surface area contributed by atoms with E-state index in [1.54, 1.807) is 6.92 Å². The molecule has 0 rings (SSSR count). The van der Waals surface area contributed by atoms with Crippen LogP contribution < -0.4 is 0 Å². The van der Waals surface area contributed by atoms with E-state index in [2.05, 4.69) is 6.92 Å². The lowest BCUT2D eigenvalue weighted by Gasteiger charge is -2.03. The molecule has 0 aromatic heterocycles. The molecule has 0 amide bonds. The van der Waals surface area contributed by atoms with Gasteiger partial charge in [0.25, 0.3) is 0 Å². The van der Waals surface area contributed by atoms with Gasteiger partial charge < -0.3 is 9.84 Å². The molecule has 0 aromatic rings. The van der Waals surface area contributed by atoms with Crippen LogP contribution in [0.15, 0.2) is 11.8 Å². The van der Waals surface area contributed by atoms with Gasteiger partial charge in [-0.3, -0.25) is 0 Å². The predicted octanol–water partition coefficient (Wildman–Crippen LogP) is 1.21. The molecule has 1 unspecified atom stereocenters. The standard InChI is InChI=1S/C7H11O3/c1-5(2)10-4-6(3)7(8)9/h4-5H,1H2,2-3H3,(H,8,9). The molecule has 10 heavy (non-hydrogen) atoms. The van der Waals surface area contributed by atoms with Crippen LogP contribution >= 0.6 is 0 Å². The Labute approximate surface area is 60.3 Å². The van der Waals surface area contributed by atoms with E-state index in [1.165, 1.54) is 13.2 Å². The van der Waals surface area contributed by atoms with Gasteiger partial charge in [-0.1, -0.05) is 0 Å². The lowest BCUT2D eigenvalue weighted by atomic mass is 10.3. The summed E-state index contributed by atoms with van der Waals surface area (Å²) >= 11 is 0. The first-order valence-electron chi connectivity index (χ1n) is 2.92. The largest absolute Gasteiger partial charge is 0.498 e. The lowest BCUT2D eigenvalue weighted by Crippen LogP contribution is -2.01. The molecule has 0 aliphatic rings. The summed E-state index contributed by atoms with van der Waals surface area (Å²) in [5, 5.41) is 8.33. The van der Waals surface area contributed by atoms with Crippen LogP contribution in [0.1, 0.15) is 13.8 Å². The first-order valence-corrected chi connectivity index (χ1v) is 2.92. The average molecular weight is 143 g/mol. The number of hydrogen-bond donors (Lipinski definition) is 1. The van der Waals surface area contributed by atoms with Crippen molar-refractivity contribution in [2.45, 2.75) is 20.0 Å². The second kappa shape index (κ2) is 3.93. The van der Waals surface area contributed by atoms with Gasteiger partial charge in [0.2, 0.25) is 0 Å². The Morgan fingerprint density at radius 1 is 1.80 bits per heavy atom. The van der Waals surface area contributed by atoms with Crippen molar-refractivity contribution in [1.82, 2.24) is 0 Å². The van der Waals surface area contributed by atoms with Gasteiger partial charge in [0.15, 0.2) is 0 Å². The summed E-state index contributed by atoms with van der Waals surface area (Å²) in [6.07, 6.45) is 0.981. The molecule has 0 heterocycles. The zero-order chi connectivity index (χ0) is 8.15. The summed E-state index contributed by atoms with van der Waals surface area (Å²) in [5.74, 6) is -0.972. The summed E-state index contributed by atoms with van der Waals surface area (Å²) in [4.78, 5) is 10.1. The van der Waals surface area contributed by atoms with Crippen LogP contribution in [0.5, 0.6) is 0 Å². The quantitative estimate of drug-likeness (QED) is 0.477. The zero-order valence-corrected chi connectivity index (χ0v) is 6.13. The third kappa shape index (κ3) is 3.95. The molecule has 0 saturated heterocycles. The summed E-state index contributed by atoms with van der Waals surface area (Å²) in [7, 11) is 0. The second-order valence-corrected chi connectivity index (χ2v) is 2.05. The molecule has 1 atom stereocenters. The second-order valence-electron chi connectivity index (χ2n) is 2.05. The molecule has 0 saturated carbocycles. The van der Waals surface area contributed by atoms with Crippen LogP contribution in [0.2, 0.25) is 0 Å². The normalized spacial score (nSPS) is 11.8. The Hall–Kier alpha value is -0.990. The van der Waals surface area contributed by atoms with Gasteiger partial charge in [0.05, 0.1) is 17.9 Å². The van der Waals surface area contributed by atoms with E-state index >= 15 is 0 Å². The van der Waals surface area contributed by atoms with E-state index in [1.807, 2.05) is 0 Å². The monoisotopic (exact) mass is 143 g/mol. The highest BCUT2D eigenvalue weighted by Gasteiger charge is 1.99. The van der Waals surface area contributed by atoms with Gasteiger partial charge in [0.1, 0.15) is 0 Å². The maximum absolute atomic E-state index is 10.1. The average Bonchev–Trinajstić information content (AvgIpc) is 1.82. The highest BCUT2D eigenvalue weighted by atomic mass is 16.5. The van der Waals surface area contributed by atoms with Crippen LogP contribution in [0.4, 0.5) is 0 Å². The predicted molar refractivity (Wildman–Crippen MR) is 37.3 cm³/mol. The summed E-state index contributed by atoms with van der Waals surface area (Å²) < 4.78 is 4.81. The maximum atomic E-state index is 10.1. The lowest BCUT2D eigenvalue weighted by molar-refractivity contribution is -0.132. The number of hydrogen-bond acceptors (Lipinski definition) is 2. The molecular weight excluding hydrogens is 132 g/mol. The molecule has 0 aliphatic carbocycles. The van der Waals surface area contributed by atoms with E-state index in [4.69, 9.17) is 9.84 Å². The van der Waals surface area contributed by atoms with Crippen molar-refractivity contribution in [3.05, 3.63) is 18.8 Å². The van der Waals surface area contributed by atoms with Crippen molar-refractivity contribution >= 4 is 5.97 Å². The van der Waals surface area contributed by atoms with Gasteiger partial charge in [-0.05, 0) is 20.8 Å². The first-order chi connectivity index (χ1) is 4.54. The summed E-state index contributed by atoms with van der Waals surface area (Å²) in [6.45, 7) is 6.70. The maximum Gasteiger partial charge on any atom is 0.334 e. The molecule has 1 N–H and O–H groups in total. The zero-order valence-electron chi connectivity index (χ0n) is 6.13. The molecule has 57 valence electrons. The minimum absolute atomic E-state index is 0.176. The molecule has 0 aliphatic heterocycles. The van der Waals surface area contributed by atoms with Crippen LogP contribution in [0.3, 0.4) is 0 Å². The molecule has 1 radical (unpaired) electrons. The molecule has 0 aromatic carbocycles. The fourth-order valence-corrected chi connectivity index (χ4v) is 0.269. The number of rotatable bonds is 3. The van der Waals surface area contributed by atoms with Crippen molar-refractivity contribution in [2.75, 3.05) is 0 Å². The number of carboxylic acids is 1. The van der Waals surface area contributed by atoms with Crippen molar-refractivity contribution in [3.63, 3.8) is 0 Å². The third-order valence-electron chi connectivity index (χ3n) is 0.814. The summed E-state index contributed by atoms with van der Waals surface area (Å²) in [6, 6.07) is 0. The minimum atomic E-state index is -0.972. The molecule has 3 nitrogen and oxygen atoms in total. The Morgan fingerprint density at radius 2 is 2.30 bits per heavy atom. The highest BCUT2D eigenvalue weighted by Crippen LogP contribution is 1.95. The van der Waals surface area contributed by atoms with Crippen molar-refractivity contribution in [2.24, 2.45) is 0 Å². The van der Waals surface area contributed by atoms with E-state index in [9.17, 15) is 4.79 Å². The van der Waals surface area contributed by atoms with Gasteiger partial charge in [-0.25, -0.2) is 4.79 Å². The fourth-order valence-electron chi connectivity index (χ4n) is 0.269. The number of aliphatic carboxylic acids is 1. The van der Waals surface area contributed by atoms with Crippen molar-refractivity contribution in [3.8, 4) is 0 Å². The molecule has 3 heteroatoms. The van der Waals surface area contributed by atoms with Gasteiger partial charge in [-0.2, -0.15) is 0 Å². The number of ether oxygens (including phenoxy) is 1. The molecule has 0 fully saturated rings. The highest BCUT2D eigenvalue weighted by molar-refractivity contribution is 5.85. The molecular formula is C7H11O3. The number of carbonyl (C=O) groups is 1. The van der Waals surface area contributed by atoms with Crippen LogP contribution in [-0.2, 0) is 9.53 Å².